The number of halogens is 1. The molecule has 1 aliphatic heterocycles. The third-order valence-corrected chi connectivity index (χ3v) is 4.45. The summed E-state index contributed by atoms with van der Waals surface area (Å²) in [6.07, 6.45) is 0.849. The van der Waals surface area contributed by atoms with E-state index in [4.69, 9.17) is 5.73 Å². The van der Waals surface area contributed by atoms with E-state index in [-0.39, 0.29) is 36.3 Å². The molecule has 0 radical (unpaired) electrons. The van der Waals surface area contributed by atoms with Crippen molar-refractivity contribution in [2.24, 2.45) is 11.1 Å². The number of likely N-dealkylation sites (N-methyl/N-ethyl adjacent to an activating group) is 1. The van der Waals surface area contributed by atoms with Gasteiger partial charge >= 0.3 is 6.03 Å². The maximum atomic E-state index is 12.3. The summed E-state index contributed by atoms with van der Waals surface area (Å²) in [6.45, 7) is 6.37. The number of urea groups is 1. The number of hydrogen-bond acceptors (Lipinski definition) is 3. The van der Waals surface area contributed by atoms with Crippen molar-refractivity contribution >= 4 is 24.3 Å². The van der Waals surface area contributed by atoms with Crippen molar-refractivity contribution in [3.63, 3.8) is 0 Å². The topological polar surface area (TPSA) is 78.7 Å². The Hall–Kier alpha value is -1.79. The van der Waals surface area contributed by atoms with Crippen LogP contribution in [0.3, 0.4) is 0 Å². The molecule has 0 spiro atoms. The highest BCUT2D eigenvalue weighted by atomic mass is 35.5. The lowest BCUT2D eigenvalue weighted by Crippen LogP contribution is -2.48. The fourth-order valence-electron chi connectivity index (χ4n) is 2.86. The number of carbonyl (C=O) groups is 2. The molecule has 2 rings (SSSR count). The van der Waals surface area contributed by atoms with E-state index in [1.165, 1.54) is 11.1 Å². The molecule has 0 saturated carbocycles. The average molecular weight is 369 g/mol. The lowest BCUT2D eigenvalue weighted by Gasteiger charge is -2.30. The van der Waals surface area contributed by atoms with Crippen LogP contribution in [0.25, 0.3) is 0 Å². The molecule has 0 unspecified atom stereocenters. The van der Waals surface area contributed by atoms with Gasteiger partial charge in [-0.1, -0.05) is 38.1 Å². The molecule has 0 fully saturated rings. The molecule has 1 heterocycles. The van der Waals surface area contributed by atoms with E-state index >= 15 is 0 Å². The van der Waals surface area contributed by atoms with Crippen LogP contribution in [-0.2, 0) is 17.8 Å². The van der Waals surface area contributed by atoms with Gasteiger partial charge in [0.05, 0.1) is 6.54 Å². The number of amides is 3. The standard InChI is InChI=1S/C18H28N4O2.ClH/c1-18(2,12-19)13-21(3)16(23)10-20-17(24)22-9-8-14-6-4-5-7-15(14)11-22;/h4-7H,8-13,19H2,1-3H3,(H,20,24);1H. The van der Waals surface area contributed by atoms with Crippen LogP contribution in [0.1, 0.15) is 25.0 Å². The van der Waals surface area contributed by atoms with Crippen molar-refractivity contribution in [3.05, 3.63) is 35.4 Å². The van der Waals surface area contributed by atoms with Gasteiger partial charge in [0.15, 0.2) is 0 Å². The van der Waals surface area contributed by atoms with Crippen LogP contribution in [0.15, 0.2) is 24.3 Å². The van der Waals surface area contributed by atoms with Crippen LogP contribution in [0, 0.1) is 5.41 Å². The minimum absolute atomic E-state index is 0. The van der Waals surface area contributed by atoms with Crippen LogP contribution < -0.4 is 11.1 Å². The number of nitrogens with one attached hydrogen (secondary N) is 1. The molecule has 25 heavy (non-hydrogen) atoms. The third kappa shape index (κ3) is 5.90. The Labute approximate surface area is 156 Å². The third-order valence-electron chi connectivity index (χ3n) is 4.45. The van der Waals surface area contributed by atoms with Crippen LogP contribution in [0.4, 0.5) is 4.79 Å². The Bertz CT molecular complexity index is 606. The Kier molecular flexibility index (Phi) is 7.70. The second-order valence-corrected chi connectivity index (χ2v) is 7.22. The van der Waals surface area contributed by atoms with Crippen LogP contribution >= 0.6 is 12.4 Å². The van der Waals surface area contributed by atoms with Gasteiger partial charge in [-0.15, -0.1) is 12.4 Å². The normalized spacial score (nSPS) is 13.5. The van der Waals surface area contributed by atoms with E-state index in [1.807, 2.05) is 32.0 Å². The number of nitrogens with two attached hydrogens (primary N) is 1. The SMILES string of the molecule is CN(CC(C)(C)CN)C(=O)CNC(=O)N1CCc2ccccc2C1.Cl. The summed E-state index contributed by atoms with van der Waals surface area (Å²) < 4.78 is 0. The predicted octanol–water partition coefficient (Wildman–Crippen LogP) is 1.62. The minimum Gasteiger partial charge on any atom is -0.344 e. The van der Waals surface area contributed by atoms with Gasteiger partial charge in [-0.2, -0.15) is 0 Å². The fourth-order valence-corrected chi connectivity index (χ4v) is 2.86. The van der Waals surface area contributed by atoms with Crippen LogP contribution in [0.2, 0.25) is 0 Å². The molecule has 1 aromatic carbocycles. The second kappa shape index (κ2) is 9.06. The van der Waals surface area contributed by atoms with Gasteiger partial charge in [-0.05, 0) is 29.5 Å². The quantitative estimate of drug-likeness (QED) is 0.828. The zero-order valence-corrected chi connectivity index (χ0v) is 16.1. The first-order valence-corrected chi connectivity index (χ1v) is 8.36. The van der Waals surface area contributed by atoms with E-state index < -0.39 is 0 Å². The van der Waals surface area contributed by atoms with Crippen molar-refractivity contribution in [2.45, 2.75) is 26.8 Å². The molecule has 3 amide bonds. The first-order valence-electron chi connectivity index (χ1n) is 8.36. The zero-order valence-electron chi connectivity index (χ0n) is 15.2. The summed E-state index contributed by atoms with van der Waals surface area (Å²) in [4.78, 5) is 27.8. The van der Waals surface area contributed by atoms with Crippen molar-refractivity contribution in [1.82, 2.24) is 15.1 Å². The van der Waals surface area contributed by atoms with Crippen molar-refractivity contribution in [2.75, 3.05) is 33.2 Å². The molecule has 0 aromatic heterocycles. The predicted molar refractivity (Wildman–Crippen MR) is 102 cm³/mol. The summed E-state index contributed by atoms with van der Waals surface area (Å²) in [5, 5.41) is 2.73. The first kappa shape index (κ1) is 21.3. The highest BCUT2D eigenvalue weighted by molar-refractivity contribution is 5.85. The number of carbonyl (C=O) groups excluding carboxylic acids is 2. The molecule has 0 atom stereocenters. The molecule has 1 aliphatic rings. The fraction of sp³-hybridized carbons (Fsp3) is 0.556. The number of benzene rings is 1. The Morgan fingerprint density at radius 1 is 1.28 bits per heavy atom. The van der Waals surface area contributed by atoms with Gasteiger partial charge < -0.3 is 20.9 Å². The van der Waals surface area contributed by atoms with E-state index in [9.17, 15) is 9.59 Å². The Morgan fingerprint density at radius 3 is 2.56 bits per heavy atom. The molecule has 140 valence electrons. The van der Waals surface area contributed by atoms with Crippen molar-refractivity contribution in [3.8, 4) is 0 Å². The van der Waals surface area contributed by atoms with Gasteiger partial charge in [0.2, 0.25) is 5.91 Å². The monoisotopic (exact) mass is 368 g/mol. The highest BCUT2D eigenvalue weighted by Gasteiger charge is 2.23. The average Bonchev–Trinajstić information content (AvgIpc) is 2.58. The van der Waals surface area contributed by atoms with Gasteiger partial charge in [0, 0.05) is 26.7 Å². The van der Waals surface area contributed by atoms with E-state index in [1.54, 1.807) is 16.8 Å². The van der Waals surface area contributed by atoms with Crippen molar-refractivity contribution in [1.29, 1.82) is 0 Å². The molecule has 0 saturated heterocycles. The van der Waals surface area contributed by atoms with Crippen LogP contribution in [0.5, 0.6) is 0 Å². The van der Waals surface area contributed by atoms with E-state index in [0.29, 0.717) is 26.2 Å². The molecule has 0 bridgehead atoms. The minimum atomic E-state index is -0.190. The second-order valence-electron chi connectivity index (χ2n) is 7.22. The number of nitrogens with zero attached hydrogens (tertiary/aromatic N) is 2. The first-order chi connectivity index (χ1) is 11.3. The van der Waals surface area contributed by atoms with Gasteiger partial charge in [0.1, 0.15) is 0 Å². The Balaban J connectivity index is 0.00000312. The molecule has 0 aliphatic carbocycles. The summed E-state index contributed by atoms with van der Waals surface area (Å²) in [5.74, 6) is -0.109. The summed E-state index contributed by atoms with van der Waals surface area (Å²) in [7, 11) is 1.74. The van der Waals surface area contributed by atoms with Crippen molar-refractivity contribution < 1.29 is 9.59 Å². The molecule has 6 nitrogen and oxygen atoms in total. The number of fused-ring (bicyclic) bond motifs is 1. The molecule has 3 N–H and O–H groups in total. The van der Waals surface area contributed by atoms with E-state index in [0.717, 1.165) is 6.42 Å². The maximum absolute atomic E-state index is 12.3. The lowest BCUT2D eigenvalue weighted by atomic mass is 9.93. The Morgan fingerprint density at radius 2 is 1.92 bits per heavy atom. The number of rotatable bonds is 5. The highest BCUT2D eigenvalue weighted by Crippen LogP contribution is 2.18. The van der Waals surface area contributed by atoms with Gasteiger partial charge in [0.25, 0.3) is 0 Å². The molecule has 7 heteroatoms. The lowest BCUT2D eigenvalue weighted by molar-refractivity contribution is -0.130. The molecule has 1 aromatic rings. The zero-order chi connectivity index (χ0) is 17.7. The number of hydrogen-bond donors (Lipinski definition) is 2. The molecular weight excluding hydrogens is 340 g/mol. The summed E-state index contributed by atoms with van der Waals surface area (Å²) in [6, 6.07) is 7.96. The largest absolute Gasteiger partial charge is 0.344 e. The smallest absolute Gasteiger partial charge is 0.318 e. The van der Waals surface area contributed by atoms with Gasteiger partial charge in [-0.3, -0.25) is 4.79 Å². The summed E-state index contributed by atoms with van der Waals surface area (Å²) >= 11 is 0. The molecular formula is C18H29ClN4O2. The maximum Gasteiger partial charge on any atom is 0.318 e. The summed E-state index contributed by atoms with van der Waals surface area (Å²) in [5.41, 5.74) is 8.03. The van der Waals surface area contributed by atoms with E-state index in [2.05, 4.69) is 11.4 Å². The van der Waals surface area contributed by atoms with Crippen LogP contribution in [-0.4, -0.2) is 55.0 Å². The van der Waals surface area contributed by atoms with Gasteiger partial charge in [-0.25, -0.2) is 4.79 Å².